The van der Waals surface area contributed by atoms with Crippen LogP contribution in [0.5, 0.6) is 0 Å². The highest BCUT2D eigenvalue weighted by Crippen LogP contribution is 2.24. The molecule has 0 saturated heterocycles. The molecular weight excluding hydrogens is 248 g/mol. The Balaban J connectivity index is 2.62. The fourth-order valence-electron chi connectivity index (χ4n) is 2.57. The molecule has 3 heteroatoms. The van der Waals surface area contributed by atoms with Crippen LogP contribution in [-0.2, 0) is 11.8 Å². The number of hydrogen-bond acceptors (Lipinski definition) is 1. The standard InChI is InChI=1S/C17H24N2O/c1-12(2)11-14-15(17(3,4)5)16(20)19(18-14)13-9-7-6-8-10-13/h6-10,12,18H,11H2,1-5H3. The molecule has 0 saturated carbocycles. The van der Waals surface area contributed by atoms with Crippen molar-refractivity contribution in [2.75, 3.05) is 0 Å². The normalized spacial score (nSPS) is 12.1. The maximum Gasteiger partial charge on any atom is 0.275 e. The van der Waals surface area contributed by atoms with Gasteiger partial charge in [-0.3, -0.25) is 9.89 Å². The third kappa shape index (κ3) is 2.87. The third-order valence-corrected chi connectivity index (χ3v) is 3.34. The number of para-hydroxylation sites is 1. The summed E-state index contributed by atoms with van der Waals surface area (Å²) in [5, 5.41) is 3.31. The van der Waals surface area contributed by atoms with Gasteiger partial charge >= 0.3 is 0 Å². The molecule has 0 bridgehead atoms. The first-order valence-corrected chi connectivity index (χ1v) is 7.20. The minimum atomic E-state index is -0.155. The van der Waals surface area contributed by atoms with Gasteiger partial charge in [-0.25, -0.2) is 4.68 Å². The van der Waals surface area contributed by atoms with E-state index in [2.05, 4.69) is 39.7 Å². The molecule has 1 N–H and O–H groups in total. The second-order valence-electron chi connectivity index (χ2n) is 6.79. The number of aromatic nitrogens is 2. The number of aromatic amines is 1. The Morgan fingerprint density at radius 1 is 1.15 bits per heavy atom. The zero-order valence-electron chi connectivity index (χ0n) is 13.0. The van der Waals surface area contributed by atoms with Gasteiger partial charge in [-0.1, -0.05) is 52.8 Å². The van der Waals surface area contributed by atoms with Crippen LogP contribution in [0.15, 0.2) is 35.1 Å². The smallest absolute Gasteiger partial charge is 0.275 e. The number of rotatable bonds is 3. The van der Waals surface area contributed by atoms with E-state index in [-0.39, 0.29) is 11.0 Å². The van der Waals surface area contributed by atoms with Crippen LogP contribution in [0.2, 0.25) is 0 Å². The Bertz CT molecular complexity index is 627. The first-order chi connectivity index (χ1) is 9.30. The van der Waals surface area contributed by atoms with E-state index in [1.54, 1.807) is 4.68 Å². The average Bonchev–Trinajstić information content (AvgIpc) is 2.66. The van der Waals surface area contributed by atoms with E-state index in [1.807, 2.05) is 30.3 Å². The summed E-state index contributed by atoms with van der Waals surface area (Å²) in [6.07, 6.45) is 0.891. The van der Waals surface area contributed by atoms with Crippen LogP contribution in [0.25, 0.3) is 5.69 Å². The summed E-state index contributed by atoms with van der Waals surface area (Å²) in [5.41, 5.74) is 2.76. The maximum absolute atomic E-state index is 12.8. The van der Waals surface area contributed by atoms with E-state index < -0.39 is 0 Å². The van der Waals surface area contributed by atoms with Crippen molar-refractivity contribution in [3.05, 3.63) is 51.9 Å². The number of nitrogens with zero attached hydrogens (tertiary/aromatic N) is 1. The molecule has 108 valence electrons. The van der Waals surface area contributed by atoms with E-state index in [9.17, 15) is 4.79 Å². The average molecular weight is 272 g/mol. The molecule has 0 unspecified atom stereocenters. The van der Waals surface area contributed by atoms with E-state index >= 15 is 0 Å². The van der Waals surface area contributed by atoms with Gasteiger partial charge in [0, 0.05) is 11.3 Å². The largest absolute Gasteiger partial charge is 0.295 e. The van der Waals surface area contributed by atoms with Crippen molar-refractivity contribution in [2.24, 2.45) is 5.92 Å². The van der Waals surface area contributed by atoms with Crippen LogP contribution >= 0.6 is 0 Å². The lowest BCUT2D eigenvalue weighted by Gasteiger charge is -2.18. The summed E-state index contributed by atoms with van der Waals surface area (Å²) < 4.78 is 1.66. The molecule has 0 amide bonds. The highest BCUT2D eigenvalue weighted by atomic mass is 16.1. The van der Waals surface area contributed by atoms with Gasteiger partial charge in [0.2, 0.25) is 0 Å². The fourth-order valence-corrected chi connectivity index (χ4v) is 2.57. The van der Waals surface area contributed by atoms with Crippen LogP contribution in [0.3, 0.4) is 0 Å². The van der Waals surface area contributed by atoms with Crippen molar-refractivity contribution >= 4 is 0 Å². The first-order valence-electron chi connectivity index (χ1n) is 7.20. The van der Waals surface area contributed by atoms with Gasteiger partial charge < -0.3 is 0 Å². The number of benzene rings is 1. The molecule has 1 heterocycles. The predicted molar refractivity (Wildman–Crippen MR) is 83.6 cm³/mol. The zero-order chi connectivity index (χ0) is 14.9. The van der Waals surface area contributed by atoms with E-state index in [4.69, 9.17) is 0 Å². The maximum atomic E-state index is 12.8. The van der Waals surface area contributed by atoms with E-state index in [1.165, 1.54) is 0 Å². The summed E-state index contributed by atoms with van der Waals surface area (Å²) in [4.78, 5) is 12.8. The Labute approximate surface area is 120 Å². The molecule has 0 atom stereocenters. The van der Waals surface area contributed by atoms with E-state index in [0.717, 1.165) is 23.4 Å². The molecule has 0 aliphatic carbocycles. The minimum Gasteiger partial charge on any atom is -0.295 e. The Hall–Kier alpha value is -1.77. The van der Waals surface area contributed by atoms with Crippen LogP contribution < -0.4 is 5.56 Å². The highest BCUT2D eigenvalue weighted by molar-refractivity contribution is 5.35. The number of H-pyrrole nitrogens is 1. The molecule has 2 rings (SSSR count). The fraction of sp³-hybridized carbons (Fsp3) is 0.471. The number of hydrogen-bond donors (Lipinski definition) is 1. The van der Waals surface area contributed by atoms with Gasteiger partial charge in [-0.15, -0.1) is 0 Å². The molecule has 2 aromatic rings. The van der Waals surface area contributed by atoms with Crippen molar-refractivity contribution in [1.82, 2.24) is 9.78 Å². The Kier molecular flexibility index (Phi) is 3.89. The minimum absolute atomic E-state index is 0.0688. The van der Waals surface area contributed by atoms with Gasteiger partial charge in [-0.2, -0.15) is 0 Å². The molecule has 0 aliphatic rings. The molecule has 0 fully saturated rings. The molecule has 1 aromatic heterocycles. The Morgan fingerprint density at radius 2 is 1.75 bits per heavy atom. The van der Waals surface area contributed by atoms with Gasteiger partial charge in [0.15, 0.2) is 0 Å². The highest BCUT2D eigenvalue weighted by Gasteiger charge is 2.26. The third-order valence-electron chi connectivity index (χ3n) is 3.34. The van der Waals surface area contributed by atoms with E-state index in [0.29, 0.717) is 5.92 Å². The first kappa shape index (κ1) is 14.6. The number of nitrogens with one attached hydrogen (secondary N) is 1. The van der Waals surface area contributed by atoms with Crippen LogP contribution in [0.1, 0.15) is 45.9 Å². The van der Waals surface area contributed by atoms with Crippen LogP contribution in [0, 0.1) is 5.92 Å². The Morgan fingerprint density at radius 3 is 2.25 bits per heavy atom. The second-order valence-corrected chi connectivity index (χ2v) is 6.79. The summed E-state index contributed by atoms with van der Waals surface area (Å²) in [5.74, 6) is 0.512. The monoisotopic (exact) mass is 272 g/mol. The SMILES string of the molecule is CC(C)Cc1[nH]n(-c2ccccc2)c(=O)c1C(C)(C)C. The molecule has 3 nitrogen and oxygen atoms in total. The molecule has 0 radical (unpaired) electrons. The predicted octanol–water partition coefficient (Wildman–Crippen LogP) is 3.66. The van der Waals surface area contributed by atoms with Crippen molar-refractivity contribution in [3.63, 3.8) is 0 Å². The topological polar surface area (TPSA) is 37.8 Å². The van der Waals surface area contributed by atoms with Crippen LogP contribution in [-0.4, -0.2) is 9.78 Å². The van der Waals surface area contributed by atoms with Crippen LogP contribution in [0.4, 0.5) is 0 Å². The lowest BCUT2D eigenvalue weighted by molar-refractivity contribution is 0.561. The molecular formula is C17H24N2O. The summed E-state index contributed by atoms with van der Waals surface area (Å²) >= 11 is 0. The van der Waals surface area contributed by atoms with Gasteiger partial charge in [0.05, 0.1) is 5.69 Å². The second kappa shape index (κ2) is 5.31. The molecule has 0 aliphatic heterocycles. The molecule has 0 spiro atoms. The zero-order valence-corrected chi connectivity index (χ0v) is 13.0. The lowest BCUT2D eigenvalue weighted by Crippen LogP contribution is -2.25. The van der Waals surface area contributed by atoms with Gasteiger partial charge in [0.25, 0.3) is 5.56 Å². The lowest BCUT2D eigenvalue weighted by atomic mass is 9.85. The van der Waals surface area contributed by atoms with Gasteiger partial charge in [-0.05, 0) is 29.9 Å². The van der Waals surface area contributed by atoms with Crippen molar-refractivity contribution in [1.29, 1.82) is 0 Å². The van der Waals surface area contributed by atoms with Crippen molar-refractivity contribution in [3.8, 4) is 5.69 Å². The summed E-state index contributed by atoms with van der Waals surface area (Å²) in [7, 11) is 0. The summed E-state index contributed by atoms with van der Waals surface area (Å²) in [6, 6.07) is 9.74. The molecule has 1 aromatic carbocycles. The quantitative estimate of drug-likeness (QED) is 0.909. The molecule has 20 heavy (non-hydrogen) atoms. The van der Waals surface area contributed by atoms with Gasteiger partial charge in [0.1, 0.15) is 0 Å². The summed E-state index contributed by atoms with van der Waals surface area (Å²) in [6.45, 7) is 10.6. The van der Waals surface area contributed by atoms with Crippen molar-refractivity contribution < 1.29 is 0 Å². The van der Waals surface area contributed by atoms with Crippen molar-refractivity contribution in [2.45, 2.75) is 46.5 Å².